The number of hydrogen-bond acceptors (Lipinski definition) is 1. The minimum atomic E-state index is -0.310. The molecule has 100 valence electrons. The highest BCUT2D eigenvalue weighted by Gasteiger charge is 2.15. The van der Waals surface area contributed by atoms with E-state index in [9.17, 15) is 4.39 Å². The van der Waals surface area contributed by atoms with Crippen LogP contribution < -0.4 is 5.73 Å². The van der Waals surface area contributed by atoms with E-state index in [1.54, 1.807) is 12.1 Å². The Morgan fingerprint density at radius 1 is 1.32 bits per heavy atom. The average molecular weight is 343 g/mol. The molecule has 0 saturated carbocycles. The van der Waals surface area contributed by atoms with Gasteiger partial charge in [0.2, 0.25) is 0 Å². The van der Waals surface area contributed by atoms with Crippen LogP contribution in [0, 0.1) is 12.7 Å². The van der Waals surface area contributed by atoms with Crippen LogP contribution in [0.2, 0.25) is 5.02 Å². The summed E-state index contributed by atoms with van der Waals surface area (Å²) in [4.78, 5) is 0. The Balaban J connectivity index is 2.31. The Kier molecular flexibility index (Phi) is 4.61. The minimum Gasteiger partial charge on any atom is -0.324 e. The van der Waals surface area contributed by atoms with Gasteiger partial charge >= 0.3 is 0 Å². The Morgan fingerprint density at radius 2 is 2.05 bits per heavy atom. The Labute approximate surface area is 125 Å². The molecular weight excluding hydrogens is 329 g/mol. The van der Waals surface area contributed by atoms with Crippen LogP contribution in [0.15, 0.2) is 40.9 Å². The van der Waals surface area contributed by atoms with Gasteiger partial charge in [-0.1, -0.05) is 39.7 Å². The summed E-state index contributed by atoms with van der Waals surface area (Å²) >= 11 is 9.45. The maximum absolute atomic E-state index is 13.8. The smallest absolute Gasteiger partial charge is 0.127 e. The summed E-state index contributed by atoms with van der Waals surface area (Å²) in [6.07, 6.45) is 0.378. The van der Waals surface area contributed by atoms with Crippen molar-refractivity contribution in [1.82, 2.24) is 0 Å². The highest BCUT2D eigenvalue weighted by atomic mass is 79.9. The minimum absolute atomic E-state index is 0.285. The van der Waals surface area contributed by atoms with Crippen molar-refractivity contribution in [2.45, 2.75) is 19.4 Å². The monoisotopic (exact) mass is 341 g/mol. The maximum Gasteiger partial charge on any atom is 0.127 e. The zero-order valence-corrected chi connectivity index (χ0v) is 12.8. The van der Waals surface area contributed by atoms with Crippen LogP contribution in [0.4, 0.5) is 4.39 Å². The quantitative estimate of drug-likeness (QED) is 0.852. The molecule has 0 aromatic heterocycles. The largest absolute Gasteiger partial charge is 0.324 e. The molecule has 1 nitrogen and oxygen atoms in total. The van der Waals surface area contributed by atoms with Crippen LogP contribution in [-0.2, 0) is 6.42 Å². The molecule has 2 aromatic carbocycles. The SMILES string of the molecule is Cc1ccc(Br)cc1C(N)Cc1c(F)cccc1Cl. The Morgan fingerprint density at radius 3 is 2.74 bits per heavy atom. The first-order chi connectivity index (χ1) is 8.99. The van der Waals surface area contributed by atoms with Gasteiger partial charge in [0, 0.05) is 21.1 Å². The molecule has 0 saturated heterocycles. The molecule has 2 aromatic rings. The van der Waals surface area contributed by atoms with Crippen LogP contribution in [-0.4, -0.2) is 0 Å². The van der Waals surface area contributed by atoms with E-state index in [0.717, 1.165) is 15.6 Å². The first kappa shape index (κ1) is 14.5. The van der Waals surface area contributed by atoms with Crippen molar-refractivity contribution in [2.75, 3.05) is 0 Å². The second kappa shape index (κ2) is 6.04. The van der Waals surface area contributed by atoms with Gasteiger partial charge in [-0.15, -0.1) is 0 Å². The number of nitrogens with two attached hydrogens (primary N) is 1. The van der Waals surface area contributed by atoms with E-state index in [0.29, 0.717) is 17.0 Å². The van der Waals surface area contributed by atoms with E-state index in [4.69, 9.17) is 17.3 Å². The highest BCUT2D eigenvalue weighted by molar-refractivity contribution is 9.10. The Hall–Kier alpha value is -0.900. The lowest BCUT2D eigenvalue weighted by molar-refractivity contribution is 0.593. The van der Waals surface area contributed by atoms with Gasteiger partial charge in [0.1, 0.15) is 5.82 Å². The first-order valence-corrected chi connectivity index (χ1v) is 7.10. The highest BCUT2D eigenvalue weighted by Crippen LogP contribution is 2.27. The molecule has 0 spiro atoms. The summed E-state index contributed by atoms with van der Waals surface area (Å²) in [6, 6.07) is 10.3. The summed E-state index contributed by atoms with van der Waals surface area (Å²) < 4.78 is 14.7. The molecule has 0 radical (unpaired) electrons. The number of benzene rings is 2. The van der Waals surface area contributed by atoms with Crippen molar-refractivity contribution in [1.29, 1.82) is 0 Å². The average Bonchev–Trinajstić information content (AvgIpc) is 2.37. The lowest BCUT2D eigenvalue weighted by Crippen LogP contribution is -2.15. The van der Waals surface area contributed by atoms with Gasteiger partial charge in [-0.25, -0.2) is 4.39 Å². The third-order valence-electron chi connectivity index (χ3n) is 3.13. The van der Waals surface area contributed by atoms with Gasteiger partial charge in [0.05, 0.1) is 0 Å². The third kappa shape index (κ3) is 3.35. The maximum atomic E-state index is 13.8. The number of rotatable bonds is 3. The van der Waals surface area contributed by atoms with Crippen LogP contribution in [0.1, 0.15) is 22.7 Å². The van der Waals surface area contributed by atoms with Gasteiger partial charge in [0.25, 0.3) is 0 Å². The van der Waals surface area contributed by atoms with Gasteiger partial charge < -0.3 is 5.73 Å². The van der Waals surface area contributed by atoms with Gasteiger partial charge in [0.15, 0.2) is 0 Å². The van der Waals surface area contributed by atoms with E-state index in [1.807, 2.05) is 25.1 Å². The van der Waals surface area contributed by atoms with Crippen LogP contribution in [0.25, 0.3) is 0 Å². The molecular formula is C15H14BrClFN. The van der Waals surface area contributed by atoms with Crippen molar-refractivity contribution < 1.29 is 4.39 Å². The number of halogens is 3. The summed E-state index contributed by atoms with van der Waals surface area (Å²) in [5.74, 6) is -0.310. The molecule has 0 fully saturated rings. The van der Waals surface area contributed by atoms with Gasteiger partial charge in [-0.05, 0) is 48.7 Å². The number of aryl methyl sites for hydroxylation is 1. The standard InChI is InChI=1S/C15H14BrClFN/c1-9-5-6-10(16)7-11(9)15(19)8-12-13(17)3-2-4-14(12)18/h2-7,15H,8,19H2,1H3. The fraction of sp³-hybridized carbons (Fsp3) is 0.200. The predicted molar refractivity (Wildman–Crippen MR) is 80.9 cm³/mol. The molecule has 0 aliphatic rings. The molecule has 2 N–H and O–H groups in total. The van der Waals surface area contributed by atoms with E-state index in [1.165, 1.54) is 6.07 Å². The van der Waals surface area contributed by atoms with Crippen molar-refractivity contribution >= 4 is 27.5 Å². The summed E-state index contributed by atoms with van der Waals surface area (Å²) in [5, 5.41) is 0.420. The molecule has 0 heterocycles. The zero-order chi connectivity index (χ0) is 14.0. The van der Waals surface area contributed by atoms with Gasteiger partial charge in [-0.2, -0.15) is 0 Å². The summed E-state index contributed by atoms with van der Waals surface area (Å²) in [6.45, 7) is 1.99. The summed E-state index contributed by atoms with van der Waals surface area (Å²) in [5.41, 5.74) is 8.74. The second-order valence-electron chi connectivity index (χ2n) is 4.51. The molecule has 0 bridgehead atoms. The van der Waals surface area contributed by atoms with Crippen LogP contribution >= 0.6 is 27.5 Å². The molecule has 0 aliphatic heterocycles. The molecule has 1 atom stereocenters. The van der Waals surface area contributed by atoms with Crippen molar-refractivity contribution in [3.63, 3.8) is 0 Å². The van der Waals surface area contributed by atoms with Crippen molar-refractivity contribution in [3.05, 3.63) is 68.4 Å². The molecule has 19 heavy (non-hydrogen) atoms. The van der Waals surface area contributed by atoms with E-state index in [-0.39, 0.29) is 11.9 Å². The molecule has 4 heteroatoms. The molecule has 0 aliphatic carbocycles. The lowest BCUT2D eigenvalue weighted by Gasteiger charge is -2.16. The fourth-order valence-corrected chi connectivity index (χ4v) is 2.69. The van der Waals surface area contributed by atoms with Crippen molar-refractivity contribution in [2.24, 2.45) is 5.73 Å². The van der Waals surface area contributed by atoms with E-state index >= 15 is 0 Å². The fourth-order valence-electron chi connectivity index (χ4n) is 2.07. The summed E-state index contributed by atoms with van der Waals surface area (Å²) in [7, 11) is 0. The lowest BCUT2D eigenvalue weighted by atomic mass is 9.96. The predicted octanol–water partition coefficient (Wildman–Crippen LogP) is 4.79. The van der Waals surface area contributed by atoms with Crippen LogP contribution in [0.3, 0.4) is 0 Å². The molecule has 1 unspecified atom stereocenters. The van der Waals surface area contributed by atoms with Crippen LogP contribution in [0.5, 0.6) is 0 Å². The van der Waals surface area contributed by atoms with Gasteiger partial charge in [-0.3, -0.25) is 0 Å². The van der Waals surface area contributed by atoms with Crippen molar-refractivity contribution in [3.8, 4) is 0 Å². The van der Waals surface area contributed by atoms with E-state index < -0.39 is 0 Å². The van der Waals surface area contributed by atoms with E-state index in [2.05, 4.69) is 15.9 Å². The third-order valence-corrected chi connectivity index (χ3v) is 3.97. The first-order valence-electron chi connectivity index (χ1n) is 5.93. The Bertz CT molecular complexity index is 580. The molecule has 2 rings (SSSR count). The number of hydrogen-bond donors (Lipinski definition) is 1. The zero-order valence-electron chi connectivity index (χ0n) is 10.5. The molecule has 0 amide bonds. The second-order valence-corrected chi connectivity index (χ2v) is 5.83. The normalized spacial score (nSPS) is 12.5. The topological polar surface area (TPSA) is 26.0 Å².